The number of halogens is 1. The molecule has 98 valence electrons. The second-order valence-corrected chi connectivity index (χ2v) is 4.75. The van der Waals surface area contributed by atoms with Crippen molar-refractivity contribution in [2.24, 2.45) is 0 Å². The first-order valence-electron chi connectivity index (χ1n) is 6.06. The monoisotopic (exact) mass is 277 g/mol. The van der Waals surface area contributed by atoms with Crippen molar-refractivity contribution < 1.29 is 9.59 Å². The number of para-hydroxylation sites is 2. The number of benzene rings is 1. The Balaban J connectivity index is 2.13. The lowest BCUT2D eigenvalue weighted by atomic mass is 10.1. The fourth-order valence-electron chi connectivity index (χ4n) is 2.46. The van der Waals surface area contributed by atoms with Crippen LogP contribution in [0.25, 0.3) is 11.0 Å². The van der Waals surface area contributed by atoms with Crippen molar-refractivity contribution in [2.75, 3.05) is 0 Å². The molecule has 0 saturated carbocycles. The Labute approximate surface area is 114 Å². The summed E-state index contributed by atoms with van der Waals surface area (Å²) in [5.41, 5.74) is 1.68. The molecule has 3 rings (SSSR count). The number of imidazole rings is 1. The molecular formula is C13H12ClN3O2. The van der Waals surface area contributed by atoms with Gasteiger partial charge in [0.25, 0.3) is 0 Å². The number of aromatic nitrogens is 2. The van der Waals surface area contributed by atoms with Crippen molar-refractivity contribution >= 4 is 34.4 Å². The highest BCUT2D eigenvalue weighted by Crippen LogP contribution is 2.27. The highest BCUT2D eigenvalue weighted by atomic mass is 35.5. The van der Waals surface area contributed by atoms with Gasteiger partial charge in [0.05, 0.1) is 16.9 Å². The van der Waals surface area contributed by atoms with Gasteiger partial charge in [-0.25, -0.2) is 4.98 Å². The molecule has 6 heteroatoms. The Morgan fingerprint density at radius 3 is 2.89 bits per heavy atom. The van der Waals surface area contributed by atoms with Gasteiger partial charge in [-0.1, -0.05) is 12.1 Å². The number of piperidine rings is 1. The summed E-state index contributed by atoms with van der Waals surface area (Å²) in [6.45, 7) is 0. The summed E-state index contributed by atoms with van der Waals surface area (Å²) in [7, 11) is 0. The number of rotatable bonds is 2. The van der Waals surface area contributed by atoms with Crippen LogP contribution in [0.15, 0.2) is 24.3 Å². The van der Waals surface area contributed by atoms with Crippen LogP contribution >= 0.6 is 11.6 Å². The molecule has 0 radical (unpaired) electrons. The quantitative estimate of drug-likeness (QED) is 0.672. The van der Waals surface area contributed by atoms with Crippen molar-refractivity contribution in [3.8, 4) is 0 Å². The van der Waals surface area contributed by atoms with E-state index < -0.39 is 6.04 Å². The molecule has 1 N–H and O–H groups in total. The first kappa shape index (κ1) is 12.2. The maximum absolute atomic E-state index is 12.0. The topological polar surface area (TPSA) is 64.0 Å². The van der Waals surface area contributed by atoms with Gasteiger partial charge in [0.1, 0.15) is 11.9 Å². The average Bonchev–Trinajstić information content (AvgIpc) is 2.77. The predicted molar refractivity (Wildman–Crippen MR) is 70.7 cm³/mol. The number of hydrogen-bond donors (Lipinski definition) is 1. The maximum atomic E-state index is 12.0. The zero-order valence-corrected chi connectivity index (χ0v) is 10.9. The van der Waals surface area contributed by atoms with Gasteiger partial charge >= 0.3 is 0 Å². The normalized spacial score (nSPS) is 19.7. The van der Waals surface area contributed by atoms with Gasteiger partial charge in [0, 0.05) is 6.42 Å². The maximum Gasteiger partial charge on any atom is 0.249 e. The summed E-state index contributed by atoms with van der Waals surface area (Å²) in [4.78, 5) is 27.6. The van der Waals surface area contributed by atoms with E-state index in [0.29, 0.717) is 18.7 Å². The van der Waals surface area contributed by atoms with E-state index in [2.05, 4.69) is 10.3 Å². The zero-order chi connectivity index (χ0) is 13.4. The number of amides is 2. The van der Waals surface area contributed by atoms with E-state index in [4.69, 9.17) is 11.6 Å². The molecule has 1 aromatic carbocycles. The van der Waals surface area contributed by atoms with Crippen LogP contribution in [0.2, 0.25) is 0 Å². The minimum Gasteiger partial charge on any atom is -0.314 e. The minimum atomic E-state index is -0.418. The van der Waals surface area contributed by atoms with Crippen LogP contribution in [0.4, 0.5) is 0 Å². The molecule has 1 unspecified atom stereocenters. The second kappa shape index (κ2) is 4.66. The molecule has 1 saturated heterocycles. The van der Waals surface area contributed by atoms with Crippen LogP contribution < -0.4 is 5.32 Å². The summed E-state index contributed by atoms with van der Waals surface area (Å²) < 4.78 is 1.84. The Morgan fingerprint density at radius 2 is 2.16 bits per heavy atom. The number of hydrogen-bond acceptors (Lipinski definition) is 3. The van der Waals surface area contributed by atoms with Gasteiger partial charge in [-0.2, -0.15) is 0 Å². The van der Waals surface area contributed by atoms with E-state index in [9.17, 15) is 9.59 Å². The molecule has 0 bridgehead atoms. The van der Waals surface area contributed by atoms with Crippen molar-refractivity contribution in [3.63, 3.8) is 0 Å². The predicted octanol–water partition coefficient (Wildman–Crippen LogP) is 1.75. The van der Waals surface area contributed by atoms with E-state index in [1.165, 1.54) is 0 Å². The van der Waals surface area contributed by atoms with Gasteiger partial charge in [-0.15, -0.1) is 11.6 Å². The highest BCUT2D eigenvalue weighted by molar-refractivity contribution is 6.17. The third-order valence-corrected chi connectivity index (χ3v) is 3.55. The standard InChI is InChI=1S/C13H12ClN3O2/c14-7-11-15-8-3-1-2-4-9(8)17(11)10-5-6-12(18)16-13(10)19/h1-4,10H,5-7H2,(H,16,18,19). The Morgan fingerprint density at radius 1 is 1.37 bits per heavy atom. The number of carbonyl (C=O) groups is 2. The molecule has 19 heavy (non-hydrogen) atoms. The Kier molecular flexibility index (Phi) is 2.98. The van der Waals surface area contributed by atoms with Gasteiger partial charge in [-0.05, 0) is 18.6 Å². The van der Waals surface area contributed by atoms with Crippen LogP contribution in [-0.4, -0.2) is 21.4 Å². The van der Waals surface area contributed by atoms with Crippen LogP contribution in [-0.2, 0) is 15.5 Å². The van der Waals surface area contributed by atoms with Gasteiger partial charge < -0.3 is 4.57 Å². The van der Waals surface area contributed by atoms with Gasteiger partial charge in [-0.3, -0.25) is 14.9 Å². The molecule has 1 fully saturated rings. The van der Waals surface area contributed by atoms with Crippen LogP contribution in [0, 0.1) is 0 Å². The van der Waals surface area contributed by atoms with Crippen molar-refractivity contribution in [1.29, 1.82) is 0 Å². The summed E-state index contributed by atoms with van der Waals surface area (Å²) >= 11 is 5.92. The van der Waals surface area contributed by atoms with E-state index in [1.54, 1.807) is 0 Å². The molecule has 2 amide bonds. The van der Waals surface area contributed by atoms with Crippen LogP contribution in [0.3, 0.4) is 0 Å². The van der Waals surface area contributed by atoms with E-state index in [0.717, 1.165) is 11.0 Å². The Hall–Kier alpha value is -1.88. The third kappa shape index (κ3) is 2.00. The first-order valence-corrected chi connectivity index (χ1v) is 6.59. The summed E-state index contributed by atoms with van der Waals surface area (Å²) in [5.74, 6) is 0.369. The molecule has 0 aliphatic carbocycles. The molecular weight excluding hydrogens is 266 g/mol. The zero-order valence-electron chi connectivity index (χ0n) is 10.1. The second-order valence-electron chi connectivity index (χ2n) is 4.49. The van der Waals surface area contributed by atoms with Crippen LogP contribution in [0.1, 0.15) is 24.7 Å². The van der Waals surface area contributed by atoms with Gasteiger partial charge in [0.2, 0.25) is 11.8 Å². The minimum absolute atomic E-state index is 0.224. The number of imide groups is 1. The SMILES string of the molecule is O=C1CCC(n2c(CCl)nc3ccccc32)C(=O)N1. The summed E-state index contributed by atoms with van der Waals surface area (Å²) in [6.07, 6.45) is 0.819. The van der Waals surface area contributed by atoms with E-state index >= 15 is 0 Å². The Bertz CT molecular complexity index is 665. The van der Waals surface area contributed by atoms with Crippen molar-refractivity contribution in [2.45, 2.75) is 24.8 Å². The largest absolute Gasteiger partial charge is 0.314 e. The fraction of sp³-hybridized carbons (Fsp3) is 0.308. The molecule has 1 aromatic heterocycles. The van der Waals surface area contributed by atoms with Crippen molar-refractivity contribution in [3.05, 3.63) is 30.1 Å². The summed E-state index contributed by atoms with van der Waals surface area (Å²) in [5, 5.41) is 2.36. The van der Waals surface area contributed by atoms with Crippen molar-refractivity contribution in [1.82, 2.24) is 14.9 Å². The van der Waals surface area contributed by atoms with Crippen LogP contribution in [0.5, 0.6) is 0 Å². The highest BCUT2D eigenvalue weighted by Gasteiger charge is 2.30. The lowest BCUT2D eigenvalue weighted by Gasteiger charge is -2.24. The third-order valence-electron chi connectivity index (χ3n) is 3.31. The van der Waals surface area contributed by atoms with Gasteiger partial charge in [0.15, 0.2) is 0 Å². The molecule has 1 aliphatic rings. The smallest absolute Gasteiger partial charge is 0.249 e. The molecule has 2 heterocycles. The first-order chi connectivity index (χ1) is 9.20. The molecule has 1 aliphatic heterocycles. The molecule has 0 spiro atoms. The number of carbonyl (C=O) groups excluding carboxylic acids is 2. The molecule has 1 atom stereocenters. The lowest BCUT2D eigenvalue weighted by molar-refractivity contribution is -0.135. The molecule has 2 aromatic rings. The lowest BCUT2D eigenvalue weighted by Crippen LogP contribution is -2.42. The number of nitrogens with one attached hydrogen (secondary N) is 1. The number of nitrogens with zero attached hydrogens (tertiary/aromatic N) is 2. The van der Waals surface area contributed by atoms with E-state index in [1.807, 2.05) is 28.8 Å². The molecule has 5 nitrogen and oxygen atoms in total. The summed E-state index contributed by atoms with van der Waals surface area (Å²) in [6, 6.07) is 7.15. The average molecular weight is 278 g/mol. The number of alkyl halides is 1. The number of fused-ring (bicyclic) bond motifs is 1. The fourth-order valence-corrected chi connectivity index (χ4v) is 2.65. The van der Waals surface area contributed by atoms with E-state index in [-0.39, 0.29) is 17.7 Å².